The van der Waals surface area contributed by atoms with Crippen molar-refractivity contribution in [2.75, 3.05) is 0 Å². The minimum absolute atomic E-state index is 0.280. The molecule has 1 N–H and O–H groups in total. The highest BCUT2D eigenvalue weighted by molar-refractivity contribution is 6.42. The van der Waals surface area contributed by atoms with Gasteiger partial charge in [0, 0.05) is 30.7 Å². The largest absolute Gasteiger partial charge is 0.479 e. The number of hydrogen-bond acceptors (Lipinski definition) is 4. The van der Waals surface area contributed by atoms with Crippen LogP contribution in [0.25, 0.3) is 5.82 Å². The third-order valence-corrected chi connectivity index (χ3v) is 4.43. The topological polar surface area (TPSA) is 69.0 Å². The maximum absolute atomic E-state index is 12.4. The van der Waals surface area contributed by atoms with Gasteiger partial charge in [0.2, 0.25) is 0 Å². The normalized spacial score (nSPS) is 11.8. The molecule has 3 aromatic rings. The molecule has 1 unspecified atom stereocenters. The Hall–Kier alpha value is -2.57. The van der Waals surface area contributed by atoms with E-state index in [1.165, 1.54) is 0 Å². The Bertz CT molecular complexity index is 900. The number of carbonyl (C=O) groups excluding carboxylic acids is 1. The van der Waals surface area contributed by atoms with Gasteiger partial charge in [-0.05, 0) is 31.2 Å². The Balaban J connectivity index is 1.65. The van der Waals surface area contributed by atoms with E-state index in [9.17, 15) is 4.79 Å². The summed E-state index contributed by atoms with van der Waals surface area (Å²) in [5, 5.41) is 7.66. The zero-order valence-electron chi connectivity index (χ0n) is 13.9. The maximum Gasteiger partial charge on any atom is 0.261 e. The average molecular weight is 391 g/mol. The summed E-state index contributed by atoms with van der Waals surface area (Å²) in [7, 11) is 0. The van der Waals surface area contributed by atoms with E-state index in [2.05, 4.69) is 15.4 Å². The van der Waals surface area contributed by atoms with Crippen LogP contribution in [0.15, 0.2) is 55.0 Å². The van der Waals surface area contributed by atoms with Crippen LogP contribution in [0, 0.1) is 0 Å². The van der Waals surface area contributed by atoms with E-state index in [0.29, 0.717) is 23.1 Å². The Kier molecular flexibility index (Phi) is 5.75. The molecule has 0 bridgehead atoms. The number of benzene rings is 1. The fourth-order valence-corrected chi connectivity index (χ4v) is 2.65. The molecule has 134 valence electrons. The van der Waals surface area contributed by atoms with Gasteiger partial charge < -0.3 is 10.1 Å². The first-order valence-electron chi connectivity index (χ1n) is 7.88. The molecule has 3 rings (SSSR count). The summed E-state index contributed by atoms with van der Waals surface area (Å²) in [5.74, 6) is 0.737. The molecule has 0 aliphatic carbocycles. The third kappa shape index (κ3) is 4.15. The van der Waals surface area contributed by atoms with Crippen molar-refractivity contribution in [3.8, 4) is 11.6 Å². The summed E-state index contributed by atoms with van der Waals surface area (Å²) in [6.07, 6.45) is 4.40. The van der Waals surface area contributed by atoms with E-state index in [4.69, 9.17) is 27.9 Å². The van der Waals surface area contributed by atoms with Crippen molar-refractivity contribution >= 4 is 29.1 Å². The Morgan fingerprint density at radius 1 is 1.23 bits per heavy atom. The first-order valence-corrected chi connectivity index (χ1v) is 8.64. The molecule has 0 saturated heterocycles. The van der Waals surface area contributed by atoms with Crippen LogP contribution >= 0.6 is 23.2 Å². The molecule has 1 atom stereocenters. The first-order chi connectivity index (χ1) is 12.6. The van der Waals surface area contributed by atoms with Crippen LogP contribution in [0.2, 0.25) is 10.0 Å². The van der Waals surface area contributed by atoms with Crippen molar-refractivity contribution in [1.82, 2.24) is 20.1 Å². The summed E-state index contributed by atoms with van der Waals surface area (Å²) in [5.41, 5.74) is 0.831. The maximum atomic E-state index is 12.4. The second kappa shape index (κ2) is 8.21. The molecule has 1 aromatic carbocycles. The van der Waals surface area contributed by atoms with E-state index in [1.807, 2.05) is 12.1 Å². The van der Waals surface area contributed by atoms with Crippen LogP contribution in [-0.2, 0) is 11.3 Å². The Morgan fingerprint density at radius 2 is 2.08 bits per heavy atom. The molecular formula is C18H16Cl2N4O2. The molecule has 0 aliphatic heterocycles. The van der Waals surface area contributed by atoms with Gasteiger partial charge in [-0.2, -0.15) is 5.10 Å². The number of nitrogens with one attached hydrogen (secondary N) is 1. The van der Waals surface area contributed by atoms with Crippen LogP contribution in [-0.4, -0.2) is 26.8 Å². The number of nitrogens with zero attached hydrogens (tertiary/aromatic N) is 3. The number of hydrogen-bond donors (Lipinski definition) is 1. The van der Waals surface area contributed by atoms with Crippen LogP contribution in [0.4, 0.5) is 0 Å². The quantitative estimate of drug-likeness (QED) is 0.697. The van der Waals surface area contributed by atoms with Gasteiger partial charge in [-0.1, -0.05) is 35.3 Å². The van der Waals surface area contributed by atoms with E-state index < -0.39 is 6.10 Å². The van der Waals surface area contributed by atoms with Crippen LogP contribution in [0.3, 0.4) is 0 Å². The van der Waals surface area contributed by atoms with E-state index in [-0.39, 0.29) is 10.9 Å². The number of aromatic nitrogens is 3. The lowest BCUT2D eigenvalue weighted by atomic mass is 10.2. The third-order valence-electron chi connectivity index (χ3n) is 3.63. The van der Waals surface area contributed by atoms with E-state index >= 15 is 0 Å². The Morgan fingerprint density at radius 3 is 2.85 bits per heavy atom. The smallest absolute Gasteiger partial charge is 0.261 e. The van der Waals surface area contributed by atoms with Crippen molar-refractivity contribution in [3.05, 3.63) is 70.6 Å². The lowest BCUT2D eigenvalue weighted by Gasteiger charge is -2.16. The van der Waals surface area contributed by atoms with Crippen molar-refractivity contribution in [1.29, 1.82) is 0 Å². The summed E-state index contributed by atoms with van der Waals surface area (Å²) in [6.45, 7) is 1.93. The monoisotopic (exact) mass is 390 g/mol. The molecule has 0 spiro atoms. The van der Waals surface area contributed by atoms with Crippen LogP contribution in [0.1, 0.15) is 12.5 Å². The molecule has 1 amide bonds. The summed E-state index contributed by atoms with van der Waals surface area (Å²) < 4.78 is 7.26. The highest BCUT2D eigenvalue weighted by Crippen LogP contribution is 2.32. The second-order valence-corrected chi connectivity index (χ2v) is 6.25. The van der Waals surface area contributed by atoms with Crippen LogP contribution < -0.4 is 10.1 Å². The molecular weight excluding hydrogens is 375 g/mol. The van der Waals surface area contributed by atoms with Gasteiger partial charge in [-0.25, -0.2) is 9.67 Å². The van der Waals surface area contributed by atoms with Gasteiger partial charge in [0.05, 0.1) is 5.02 Å². The Labute approximate surface area is 160 Å². The van der Waals surface area contributed by atoms with Gasteiger partial charge in [0.15, 0.2) is 11.9 Å². The van der Waals surface area contributed by atoms with E-state index in [1.54, 1.807) is 54.5 Å². The highest BCUT2D eigenvalue weighted by Gasteiger charge is 2.17. The van der Waals surface area contributed by atoms with Gasteiger partial charge in [0.1, 0.15) is 10.8 Å². The van der Waals surface area contributed by atoms with Crippen molar-refractivity contribution in [2.45, 2.75) is 19.6 Å². The minimum Gasteiger partial charge on any atom is -0.479 e. The highest BCUT2D eigenvalue weighted by atomic mass is 35.5. The number of pyridine rings is 1. The summed E-state index contributed by atoms with van der Waals surface area (Å²) in [4.78, 5) is 16.7. The molecule has 2 heterocycles. The zero-order valence-corrected chi connectivity index (χ0v) is 15.4. The summed E-state index contributed by atoms with van der Waals surface area (Å²) >= 11 is 12.0. The number of carbonyl (C=O) groups is 1. The lowest BCUT2D eigenvalue weighted by molar-refractivity contribution is -0.127. The molecule has 0 aliphatic rings. The standard InChI is InChI=1S/C18H16Cl2N4O2/c1-12(26-15-7-2-6-14(19)16(15)20)18(25)22-11-13-5-3-8-21-17(13)24-10-4-9-23-24/h2-10,12H,11H2,1H3,(H,22,25). The van der Waals surface area contributed by atoms with Crippen LogP contribution in [0.5, 0.6) is 5.75 Å². The SMILES string of the molecule is CC(Oc1cccc(Cl)c1Cl)C(=O)NCc1cccnc1-n1cccn1. The number of amides is 1. The molecule has 8 heteroatoms. The predicted molar refractivity (Wildman–Crippen MR) is 99.8 cm³/mol. The fraction of sp³-hybridized carbons (Fsp3) is 0.167. The summed E-state index contributed by atoms with van der Waals surface area (Å²) in [6, 6.07) is 10.5. The average Bonchev–Trinajstić information content (AvgIpc) is 3.18. The lowest BCUT2D eigenvalue weighted by Crippen LogP contribution is -2.36. The second-order valence-electron chi connectivity index (χ2n) is 5.47. The predicted octanol–water partition coefficient (Wildman–Crippen LogP) is 3.66. The molecule has 2 aromatic heterocycles. The number of rotatable bonds is 6. The molecule has 0 saturated carbocycles. The van der Waals surface area contributed by atoms with Gasteiger partial charge in [-0.3, -0.25) is 4.79 Å². The fourth-order valence-electron chi connectivity index (χ4n) is 2.31. The molecule has 0 fully saturated rings. The molecule has 26 heavy (non-hydrogen) atoms. The molecule has 0 radical (unpaired) electrons. The van der Waals surface area contributed by atoms with Gasteiger partial charge >= 0.3 is 0 Å². The first kappa shape index (κ1) is 18.2. The van der Waals surface area contributed by atoms with Gasteiger partial charge in [-0.15, -0.1) is 0 Å². The zero-order chi connectivity index (χ0) is 18.5. The van der Waals surface area contributed by atoms with Crippen molar-refractivity contribution in [2.24, 2.45) is 0 Å². The van der Waals surface area contributed by atoms with E-state index in [0.717, 1.165) is 5.56 Å². The van der Waals surface area contributed by atoms with Crippen molar-refractivity contribution < 1.29 is 9.53 Å². The van der Waals surface area contributed by atoms with Gasteiger partial charge in [0.25, 0.3) is 5.91 Å². The van der Waals surface area contributed by atoms with Crippen molar-refractivity contribution in [3.63, 3.8) is 0 Å². The number of halogens is 2. The molecule has 6 nitrogen and oxygen atoms in total. The number of ether oxygens (including phenoxy) is 1. The minimum atomic E-state index is -0.740.